The summed E-state index contributed by atoms with van der Waals surface area (Å²) in [6, 6.07) is 0. The van der Waals surface area contributed by atoms with Crippen LogP contribution in [0.2, 0.25) is 0 Å². The van der Waals surface area contributed by atoms with Crippen LogP contribution >= 0.6 is 0 Å². The molecule has 0 amide bonds. The number of methoxy groups -OCH3 is 2. The predicted octanol–water partition coefficient (Wildman–Crippen LogP) is -0.952. The maximum Gasteiger partial charge on any atom is 0.347 e. The van der Waals surface area contributed by atoms with Crippen molar-refractivity contribution < 1.29 is 66.1 Å². The first kappa shape index (κ1) is 29.7. The molecule has 0 radical (unpaired) electrons. The third kappa shape index (κ3) is 8.75. The molecule has 0 aromatic rings. The molecule has 6 atom stereocenters. The molecule has 0 spiro atoms. The quantitative estimate of drug-likeness (QED) is 0.205. The molecule has 0 aliphatic carbocycles. The number of hydrogen-bond acceptors (Lipinski definition) is 14. The summed E-state index contributed by atoms with van der Waals surface area (Å²) in [6.07, 6.45) is -5.62. The molecule has 14 nitrogen and oxygen atoms in total. The minimum Gasteiger partial charge on any atom is -0.466 e. The van der Waals surface area contributed by atoms with Gasteiger partial charge in [-0.15, -0.1) is 0 Å². The van der Waals surface area contributed by atoms with Gasteiger partial charge in [0.1, 0.15) is 17.6 Å². The first-order chi connectivity index (χ1) is 16.3. The highest BCUT2D eigenvalue weighted by Crippen LogP contribution is 2.32. The Labute approximate surface area is 202 Å². The van der Waals surface area contributed by atoms with Gasteiger partial charge in [0.15, 0.2) is 23.7 Å². The molecule has 0 unspecified atom stereocenters. The van der Waals surface area contributed by atoms with Crippen molar-refractivity contribution in [3.8, 4) is 0 Å². The molecular formula is C20H26O14S. The molecule has 1 saturated heterocycles. The first-order valence-electron chi connectivity index (χ1n) is 9.91. The number of hydrogen-bond donors (Lipinski definition) is 0. The van der Waals surface area contributed by atoms with Crippen LogP contribution in [0.25, 0.3) is 0 Å². The van der Waals surface area contributed by atoms with Gasteiger partial charge in [-0.3, -0.25) is 23.4 Å². The fraction of sp³-hybridized carbons (Fsp3) is 0.600. The second kappa shape index (κ2) is 13.5. The van der Waals surface area contributed by atoms with Gasteiger partial charge in [-0.05, 0) is 0 Å². The van der Waals surface area contributed by atoms with Gasteiger partial charge in [0.05, 0.1) is 25.0 Å². The van der Waals surface area contributed by atoms with Gasteiger partial charge in [-0.25, -0.2) is 9.59 Å². The molecule has 35 heavy (non-hydrogen) atoms. The molecular weight excluding hydrogens is 496 g/mol. The summed E-state index contributed by atoms with van der Waals surface area (Å²) in [5.74, 6) is -5.72. The SMILES string of the molecule is COC(=O)/C=C(\C(=O)OC)[S@@](=O)[C@@H]1O[C@H](COC(C)=O)[C@@H](OC(C)=O)[C@H](OC(C)=O)[C@@H]1OC(C)=O. The normalized spacial score (nSPS) is 24.9. The zero-order valence-corrected chi connectivity index (χ0v) is 20.6. The van der Waals surface area contributed by atoms with Crippen molar-refractivity contribution in [3.63, 3.8) is 0 Å². The molecule has 0 saturated carbocycles. The first-order valence-corrected chi connectivity index (χ1v) is 11.1. The lowest BCUT2D eigenvalue weighted by molar-refractivity contribution is -0.238. The topological polar surface area (TPSA) is 184 Å². The molecule has 0 N–H and O–H groups in total. The highest BCUT2D eigenvalue weighted by atomic mass is 32.2. The van der Waals surface area contributed by atoms with Crippen LogP contribution in [-0.4, -0.2) is 90.7 Å². The Bertz CT molecular complexity index is 909. The van der Waals surface area contributed by atoms with E-state index in [-0.39, 0.29) is 0 Å². The summed E-state index contributed by atoms with van der Waals surface area (Å²) in [4.78, 5) is 70.1. The second-order valence-electron chi connectivity index (χ2n) is 6.89. The predicted molar refractivity (Wildman–Crippen MR) is 112 cm³/mol. The van der Waals surface area contributed by atoms with Crippen LogP contribution in [0.4, 0.5) is 0 Å². The molecule has 196 valence electrons. The Morgan fingerprint density at radius 3 is 1.74 bits per heavy atom. The summed E-state index contributed by atoms with van der Waals surface area (Å²) in [6.45, 7) is 3.54. The standard InChI is InChI=1S/C20H26O14S/c1-9(21)30-8-13-16(31-10(2)22)17(32-11(3)23)18(33-12(4)24)20(34-13)35(27)14(19(26)29-6)7-15(25)28-5/h7,13,16-18,20H,8H2,1-6H3/b14-7+/t13-,16-,17+,18+,20+,35-/m1/s1. The summed E-state index contributed by atoms with van der Waals surface area (Å²) in [7, 11) is -0.666. The van der Waals surface area contributed by atoms with E-state index in [0.29, 0.717) is 6.08 Å². The van der Waals surface area contributed by atoms with E-state index in [1.807, 2.05) is 0 Å². The number of carbonyl (C=O) groups is 6. The lowest BCUT2D eigenvalue weighted by Crippen LogP contribution is -2.63. The largest absolute Gasteiger partial charge is 0.466 e. The zero-order valence-electron chi connectivity index (χ0n) is 19.8. The molecule has 1 aliphatic heterocycles. The van der Waals surface area contributed by atoms with E-state index in [2.05, 4.69) is 9.47 Å². The maximum atomic E-state index is 13.4. The Morgan fingerprint density at radius 1 is 0.771 bits per heavy atom. The van der Waals surface area contributed by atoms with E-state index in [9.17, 15) is 33.0 Å². The Kier molecular flexibility index (Phi) is 11.5. The molecule has 0 aromatic carbocycles. The monoisotopic (exact) mass is 522 g/mol. The van der Waals surface area contributed by atoms with Crippen molar-refractivity contribution in [1.82, 2.24) is 0 Å². The van der Waals surface area contributed by atoms with Crippen LogP contribution in [0.3, 0.4) is 0 Å². The van der Waals surface area contributed by atoms with Crippen LogP contribution in [-0.2, 0) is 72.7 Å². The van der Waals surface area contributed by atoms with Gasteiger partial charge >= 0.3 is 35.8 Å². The summed E-state index contributed by atoms with van der Waals surface area (Å²) in [5, 5.41) is 0. The van der Waals surface area contributed by atoms with Gasteiger partial charge < -0.3 is 33.2 Å². The van der Waals surface area contributed by atoms with Gasteiger partial charge in [0.25, 0.3) is 0 Å². The molecule has 15 heteroatoms. The highest BCUT2D eigenvalue weighted by Gasteiger charge is 2.55. The molecule has 1 aliphatic rings. The van der Waals surface area contributed by atoms with Crippen molar-refractivity contribution in [2.24, 2.45) is 0 Å². The van der Waals surface area contributed by atoms with Crippen LogP contribution in [0.1, 0.15) is 27.7 Å². The van der Waals surface area contributed by atoms with E-state index in [1.54, 1.807) is 0 Å². The number of ether oxygens (including phenoxy) is 7. The van der Waals surface area contributed by atoms with Gasteiger partial charge in [-0.1, -0.05) is 0 Å². The van der Waals surface area contributed by atoms with Crippen molar-refractivity contribution in [2.75, 3.05) is 20.8 Å². The van der Waals surface area contributed by atoms with Crippen molar-refractivity contribution >= 4 is 46.6 Å². The van der Waals surface area contributed by atoms with Gasteiger partial charge in [-0.2, -0.15) is 0 Å². The van der Waals surface area contributed by atoms with Crippen LogP contribution in [0.5, 0.6) is 0 Å². The van der Waals surface area contributed by atoms with Gasteiger partial charge in [0.2, 0.25) is 0 Å². The van der Waals surface area contributed by atoms with E-state index < -0.39 is 88.0 Å². The van der Waals surface area contributed by atoms with E-state index in [4.69, 9.17) is 23.7 Å². The molecule has 1 heterocycles. The average molecular weight is 522 g/mol. The fourth-order valence-corrected chi connectivity index (χ4v) is 4.36. The third-order valence-corrected chi connectivity index (χ3v) is 5.73. The Hall–Kier alpha value is -3.33. The second-order valence-corrected chi connectivity index (χ2v) is 8.39. The molecule has 0 bridgehead atoms. The minimum absolute atomic E-state index is 0.570. The van der Waals surface area contributed by atoms with Crippen molar-refractivity contribution in [1.29, 1.82) is 0 Å². The smallest absolute Gasteiger partial charge is 0.347 e. The minimum atomic E-state index is -2.63. The van der Waals surface area contributed by atoms with Crippen LogP contribution in [0.15, 0.2) is 11.0 Å². The average Bonchev–Trinajstić information content (AvgIpc) is 2.76. The lowest BCUT2D eigenvalue weighted by Gasteiger charge is -2.43. The van der Waals surface area contributed by atoms with Crippen molar-refractivity contribution in [3.05, 3.63) is 11.0 Å². The van der Waals surface area contributed by atoms with Gasteiger partial charge in [0, 0.05) is 33.8 Å². The molecule has 1 fully saturated rings. The third-order valence-electron chi connectivity index (χ3n) is 4.21. The number of carbonyl (C=O) groups excluding carboxylic acids is 6. The van der Waals surface area contributed by atoms with E-state index >= 15 is 0 Å². The van der Waals surface area contributed by atoms with Crippen LogP contribution < -0.4 is 0 Å². The van der Waals surface area contributed by atoms with E-state index in [1.165, 1.54) is 0 Å². The Morgan fingerprint density at radius 2 is 1.29 bits per heavy atom. The summed E-state index contributed by atoms with van der Waals surface area (Å²) in [5.41, 5.74) is -1.79. The molecule has 0 aromatic heterocycles. The summed E-state index contributed by atoms with van der Waals surface area (Å²) >= 11 is 0. The van der Waals surface area contributed by atoms with E-state index in [0.717, 1.165) is 41.9 Å². The number of esters is 6. The van der Waals surface area contributed by atoms with Crippen LogP contribution in [0, 0.1) is 0 Å². The maximum absolute atomic E-state index is 13.4. The number of rotatable bonds is 9. The lowest BCUT2D eigenvalue weighted by atomic mass is 9.99. The highest BCUT2D eigenvalue weighted by molar-refractivity contribution is 7.90. The fourth-order valence-electron chi connectivity index (χ4n) is 2.95. The Balaban J connectivity index is 3.67. The van der Waals surface area contributed by atoms with Crippen molar-refractivity contribution in [2.45, 2.75) is 57.5 Å². The molecule has 1 rings (SSSR count). The summed E-state index contributed by atoms with van der Waals surface area (Å²) < 4.78 is 48.7. The zero-order chi connectivity index (χ0) is 26.9.